The molecule has 5 nitrogen and oxygen atoms in total. The number of nitrogens with one attached hydrogen (secondary N) is 1. The number of carbonyl (C=O) groups is 1. The molecule has 0 bridgehead atoms. The summed E-state index contributed by atoms with van der Waals surface area (Å²) >= 11 is 0. The Morgan fingerprint density at radius 3 is 0.984 bits per heavy atom. The van der Waals surface area contributed by atoms with Crippen molar-refractivity contribution in [3.8, 4) is 0 Å². The van der Waals surface area contributed by atoms with Crippen LogP contribution in [0.1, 0.15) is 309 Å². The number of hydrogen-bond acceptors (Lipinski definition) is 4. The van der Waals surface area contributed by atoms with Crippen molar-refractivity contribution in [2.24, 2.45) is 0 Å². The fourth-order valence-corrected chi connectivity index (χ4v) is 8.95. The fraction of sp³-hybridized carbons (Fsp3) is 0.912. The summed E-state index contributed by atoms with van der Waals surface area (Å²) in [6, 6.07) is -0.829. The molecule has 62 heavy (non-hydrogen) atoms. The van der Waals surface area contributed by atoms with Crippen LogP contribution in [0.4, 0.5) is 0 Å². The van der Waals surface area contributed by atoms with Crippen LogP contribution in [0, 0.1) is 0 Å². The topological polar surface area (TPSA) is 89.8 Å². The fourth-order valence-electron chi connectivity index (χ4n) is 8.95. The molecule has 0 fully saturated rings. The largest absolute Gasteiger partial charge is 0.394 e. The van der Waals surface area contributed by atoms with Crippen LogP contribution >= 0.6 is 0 Å². The molecule has 0 saturated heterocycles. The normalized spacial score (nSPS) is 13.4. The highest BCUT2D eigenvalue weighted by Crippen LogP contribution is 2.18. The van der Waals surface area contributed by atoms with Crippen LogP contribution in [-0.4, -0.2) is 46.1 Å². The minimum atomic E-state index is -1.16. The zero-order valence-corrected chi connectivity index (χ0v) is 42.0. The van der Waals surface area contributed by atoms with Gasteiger partial charge >= 0.3 is 0 Å². The van der Waals surface area contributed by atoms with E-state index in [1.807, 2.05) is 0 Å². The highest BCUT2D eigenvalue weighted by atomic mass is 16.3. The molecule has 0 heterocycles. The summed E-state index contributed by atoms with van der Waals surface area (Å²) in [4.78, 5) is 12.5. The van der Waals surface area contributed by atoms with Gasteiger partial charge in [-0.2, -0.15) is 0 Å². The monoisotopic (exact) mass is 874 g/mol. The Labute approximate surface area is 388 Å². The Balaban J connectivity index is 3.48. The van der Waals surface area contributed by atoms with Gasteiger partial charge in [0.1, 0.15) is 6.10 Å². The van der Waals surface area contributed by atoms with Gasteiger partial charge in [-0.25, -0.2) is 0 Å². The molecule has 0 aromatic carbocycles. The van der Waals surface area contributed by atoms with Crippen molar-refractivity contribution >= 4 is 5.91 Å². The molecule has 3 unspecified atom stereocenters. The Morgan fingerprint density at radius 2 is 0.661 bits per heavy atom. The van der Waals surface area contributed by atoms with E-state index in [0.29, 0.717) is 12.8 Å². The molecular weight excluding hydrogens is 763 g/mol. The van der Waals surface area contributed by atoms with E-state index in [2.05, 4.69) is 43.5 Å². The highest BCUT2D eigenvalue weighted by molar-refractivity contribution is 5.76. The lowest BCUT2D eigenvalue weighted by atomic mass is 10.0. The summed E-state index contributed by atoms with van der Waals surface area (Å²) < 4.78 is 0. The second-order valence-electron chi connectivity index (χ2n) is 19.5. The van der Waals surface area contributed by atoms with Gasteiger partial charge in [0.05, 0.1) is 18.8 Å². The van der Waals surface area contributed by atoms with Crippen LogP contribution in [0.2, 0.25) is 0 Å². The Hall–Kier alpha value is -1.17. The highest BCUT2D eigenvalue weighted by Gasteiger charge is 2.26. The second-order valence-corrected chi connectivity index (χ2v) is 19.5. The first kappa shape index (κ1) is 60.8. The predicted octanol–water partition coefficient (Wildman–Crippen LogP) is 17.3. The number of unbranched alkanes of at least 4 members (excludes halogenated alkanes) is 40. The molecule has 5 heteroatoms. The first-order valence-corrected chi connectivity index (χ1v) is 28.1. The number of rotatable bonds is 52. The van der Waals surface area contributed by atoms with Crippen LogP contribution in [-0.2, 0) is 4.79 Å². The third kappa shape index (κ3) is 46.8. The molecular formula is C57H111NO4. The molecule has 0 aromatic heterocycles. The summed E-state index contributed by atoms with van der Waals surface area (Å²) in [5.74, 6) is -0.153. The van der Waals surface area contributed by atoms with Gasteiger partial charge in [-0.05, 0) is 51.4 Å². The number of carbonyl (C=O) groups excluding carboxylic acids is 1. The molecule has 0 radical (unpaired) electrons. The van der Waals surface area contributed by atoms with Gasteiger partial charge in [-0.15, -0.1) is 0 Å². The van der Waals surface area contributed by atoms with Gasteiger partial charge in [0, 0.05) is 6.42 Å². The van der Waals surface area contributed by atoms with E-state index in [1.165, 1.54) is 238 Å². The van der Waals surface area contributed by atoms with Crippen LogP contribution in [0.25, 0.3) is 0 Å². The summed E-state index contributed by atoms with van der Waals surface area (Å²) in [5, 5.41) is 33.6. The third-order valence-electron chi connectivity index (χ3n) is 13.3. The van der Waals surface area contributed by atoms with Gasteiger partial charge in [0.15, 0.2) is 0 Å². The molecule has 0 spiro atoms. The van der Waals surface area contributed by atoms with Crippen molar-refractivity contribution in [1.29, 1.82) is 0 Å². The van der Waals surface area contributed by atoms with E-state index in [4.69, 9.17) is 0 Å². The van der Waals surface area contributed by atoms with E-state index in [0.717, 1.165) is 44.9 Å². The van der Waals surface area contributed by atoms with Crippen molar-refractivity contribution in [1.82, 2.24) is 5.32 Å². The van der Waals surface area contributed by atoms with Crippen molar-refractivity contribution < 1.29 is 20.1 Å². The van der Waals surface area contributed by atoms with Crippen LogP contribution < -0.4 is 5.32 Å². The second kappa shape index (κ2) is 52.5. The Bertz CT molecular complexity index is 920. The van der Waals surface area contributed by atoms with Gasteiger partial charge in [0.2, 0.25) is 5.91 Å². The van der Waals surface area contributed by atoms with E-state index < -0.39 is 18.2 Å². The zero-order valence-electron chi connectivity index (χ0n) is 42.0. The molecule has 0 rings (SSSR count). The van der Waals surface area contributed by atoms with Crippen molar-refractivity contribution in [2.75, 3.05) is 6.61 Å². The number of aliphatic hydroxyl groups is 3. The SMILES string of the molecule is CCCCCCCC/C=C/CC/C=C/CCCC(O)C(O)C(CO)NC(=O)CCCCCCCCCCCCCCCCCCCCCCCCCCCCCCCCCCC. The van der Waals surface area contributed by atoms with Crippen molar-refractivity contribution in [2.45, 2.75) is 327 Å². The first-order chi connectivity index (χ1) is 30.6. The van der Waals surface area contributed by atoms with Crippen LogP contribution in [0.5, 0.6) is 0 Å². The zero-order chi connectivity index (χ0) is 45.1. The molecule has 0 aliphatic carbocycles. The molecule has 0 aliphatic heterocycles. The van der Waals surface area contributed by atoms with E-state index >= 15 is 0 Å². The van der Waals surface area contributed by atoms with Gasteiger partial charge < -0.3 is 20.6 Å². The smallest absolute Gasteiger partial charge is 0.220 e. The van der Waals surface area contributed by atoms with Gasteiger partial charge in [-0.3, -0.25) is 4.79 Å². The standard InChI is InChI=1S/C57H111NO4/c1-3-5-7-9-11-13-15-17-19-20-21-22-23-24-25-26-27-28-29-30-31-32-33-34-35-36-38-40-42-44-46-48-50-52-56(61)58-54(53-59)57(62)55(60)51-49-47-45-43-41-39-37-18-16-14-12-10-8-6-4-2/h18,37,43,45,54-55,57,59-60,62H,3-17,19-36,38-42,44,46-53H2,1-2H3,(H,58,61)/b37-18+,45-43+. The number of aliphatic hydroxyl groups excluding tert-OH is 3. The van der Waals surface area contributed by atoms with Crippen molar-refractivity contribution in [3.63, 3.8) is 0 Å². The average Bonchev–Trinajstić information content (AvgIpc) is 3.28. The first-order valence-electron chi connectivity index (χ1n) is 28.1. The van der Waals surface area contributed by atoms with Crippen LogP contribution in [0.15, 0.2) is 24.3 Å². The average molecular weight is 875 g/mol. The lowest BCUT2D eigenvalue weighted by Gasteiger charge is -2.26. The molecule has 0 saturated carbocycles. The maximum atomic E-state index is 12.5. The molecule has 368 valence electrons. The van der Waals surface area contributed by atoms with E-state index in [-0.39, 0.29) is 12.5 Å². The number of amides is 1. The lowest BCUT2D eigenvalue weighted by molar-refractivity contribution is -0.124. The van der Waals surface area contributed by atoms with Crippen LogP contribution in [0.3, 0.4) is 0 Å². The summed E-state index contributed by atoms with van der Waals surface area (Å²) in [6.07, 6.45) is 66.4. The Morgan fingerprint density at radius 1 is 0.387 bits per heavy atom. The molecule has 3 atom stereocenters. The summed E-state index contributed by atoms with van der Waals surface area (Å²) in [6.45, 7) is 4.18. The van der Waals surface area contributed by atoms with Gasteiger partial charge in [-0.1, -0.05) is 276 Å². The molecule has 4 N–H and O–H groups in total. The summed E-state index contributed by atoms with van der Waals surface area (Å²) in [7, 11) is 0. The molecule has 0 aliphatic rings. The van der Waals surface area contributed by atoms with Crippen molar-refractivity contribution in [3.05, 3.63) is 24.3 Å². The van der Waals surface area contributed by atoms with E-state index in [9.17, 15) is 20.1 Å². The molecule has 1 amide bonds. The third-order valence-corrected chi connectivity index (χ3v) is 13.3. The summed E-state index contributed by atoms with van der Waals surface area (Å²) in [5.41, 5.74) is 0. The minimum absolute atomic E-state index is 0.153. The number of hydrogen-bond donors (Lipinski definition) is 4. The quantitative estimate of drug-likeness (QED) is 0.0362. The van der Waals surface area contributed by atoms with Gasteiger partial charge in [0.25, 0.3) is 0 Å². The predicted molar refractivity (Wildman–Crippen MR) is 273 cm³/mol. The minimum Gasteiger partial charge on any atom is -0.394 e. The maximum absolute atomic E-state index is 12.5. The van der Waals surface area contributed by atoms with E-state index in [1.54, 1.807) is 0 Å². The maximum Gasteiger partial charge on any atom is 0.220 e. The molecule has 0 aromatic rings. The lowest BCUT2D eigenvalue weighted by Crippen LogP contribution is -2.50. The number of allylic oxidation sites excluding steroid dienone is 4. The Kier molecular flexibility index (Phi) is 51.5.